The van der Waals surface area contributed by atoms with Crippen LogP contribution in [0.5, 0.6) is 0 Å². The first-order valence-corrected chi connectivity index (χ1v) is 10.9. The summed E-state index contributed by atoms with van der Waals surface area (Å²) < 4.78 is 0. The highest BCUT2D eigenvalue weighted by molar-refractivity contribution is 5.82. The van der Waals surface area contributed by atoms with E-state index in [1.807, 2.05) is 6.20 Å². The minimum absolute atomic E-state index is 0.362. The van der Waals surface area contributed by atoms with Crippen molar-refractivity contribution in [2.24, 2.45) is 0 Å². The van der Waals surface area contributed by atoms with E-state index in [0.717, 1.165) is 66.4 Å². The van der Waals surface area contributed by atoms with Crippen LogP contribution in [0, 0.1) is 0 Å². The molecule has 4 N–H and O–H groups in total. The van der Waals surface area contributed by atoms with Crippen molar-refractivity contribution in [2.45, 2.75) is 38.8 Å². The number of hydrogen-bond acceptors (Lipinski definition) is 4. The molecule has 2 aromatic carbocycles. The van der Waals surface area contributed by atoms with E-state index in [0.29, 0.717) is 6.04 Å². The minimum Gasteiger partial charge on any atom is -0.341 e. The number of aromatic amines is 2. The van der Waals surface area contributed by atoms with Crippen LogP contribution in [-0.4, -0.2) is 33.0 Å². The second kappa shape index (κ2) is 8.42. The van der Waals surface area contributed by atoms with Gasteiger partial charge >= 0.3 is 0 Å². The van der Waals surface area contributed by atoms with Crippen LogP contribution >= 0.6 is 0 Å². The van der Waals surface area contributed by atoms with E-state index in [9.17, 15) is 0 Å². The number of imidazole rings is 2. The third kappa shape index (κ3) is 3.88. The van der Waals surface area contributed by atoms with Gasteiger partial charge in [-0.3, -0.25) is 0 Å². The van der Waals surface area contributed by atoms with E-state index in [-0.39, 0.29) is 0 Å². The van der Waals surface area contributed by atoms with Gasteiger partial charge in [-0.25, -0.2) is 9.97 Å². The molecule has 0 bridgehead atoms. The molecule has 3 heterocycles. The summed E-state index contributed by atoms with van der Waals surface area (Å²) in [6.07, 6.45) is 5.43. The first-order valence-electron chi connectivity index (χ1n) is 10.9. The monoisotopic (exact) mass is 400 g/mol. The highest BCUT2D eigenvalue weighted by atomic mass is 15.0. The summed E-state index contributed by atoms with van der Waals surface area (Å²) in [5, 5.41) is 6.89. The number of hydrogen-bond donors (Lipinski definition) is 4. The van der Waals surface area contributed by atoms with Gasteiger partial charge in [-0.1, -0.05) is 37.3 Å². The van der Waals surface area contributed by atoms with Crippen LogP contribution in [0.1, 0.15) is 43.9 Å². The zero-order valence-electron chi connectivity index (χ0n) is 17.3. The molecule has 30 heavy (non-hydrogen) atoms. The van der Waals surface area contributed by atoms with Crippen LogP contribution in [0.4, 0.5) is 0 Å². The molecule has 0 saturated carbocycles. The second-order valence-corrected chi connectivity index (χ2v) is 8.00. The van der Waals surface area contributed by atoms with Gasteiger partial charge in [0.05, 0.1) is 35.5 Å². The van der Waals surface area contributed by atoms with E-state index >= 15 is 0 Å². The lowest BCUT2D eigenvalue weighted by Gasteiger charge is -2.06. The smallest absolute Gasteiger partial charge is 0.123 e. The largest absolute Gasteiger partial charge is 0.341 e. The number of aromatic nitrogens is 4. The van der Waals surface area contributed by atoms with E-state index in [1.165, 1.54) is 17.5 Å². The van der Waals surface area contributed by atoms with Crippen LogP contribution in [0.15, 0.2) is 48.7 Å². The maximum atomic E-state index is 4.67. The molecule has 1 aliphatic heterocycles. The summed E-state index contributed by atoms with van der Waals surface area (Å²) in [6.45, 7) is 5.02. The van der Waals surface area contributed by atoms with Gasteiger partial charge in [-0.2, -0.15) is 0 Å². The molecule has 0 aliphatic carbocycles. The summed E-state index contributed by atoms with van der Waals surface area (Å²) in [4.78, 5) is 16.2. The van der Waals surface area contributed by atoms with Crippen molar-refractivity contribution in [1.82, 2.24) is 30.6 Å². The Morgan fingerprint density at radius 1 is 1.03 bits per heavy atom. The van der Waals surface area contributed by atoms with Crippen LogP contribution in [0.2, 0.25) is 0 Å². The fourth-order valence-corrected chi connectivity index (χ4v) is 4.13. The summed E-state index contributed by atoms with van der Waals surface area (Å²) in [5.41, 5.74) is 6.69. The van der Waals surface area contributed by atoms with Gasteiger partial charge in [0.15, 0.2) is 0 Å². The van der Waals surface area contributed by atoms with Gasteiger partial charge in [-0.05, 0) is 61.2 Å². The van der Waals surface area contributed by atoms with Crippen LogP contribution in [0.25, 0.3) is 33.4 Å². The molecule has 1 atom stereocenters. The lowest BCUT2D eigenvalue weighted by atomic mass is 10.0. The Labute approximate surface area is 176 Å². The average molecular weight is 401 g/mol. The molecule has 0 spiro atoms. The molecule has 4 aromatic rings. The molecule has 0 unspecified atom stereocenters. The zero-order valence-corrected chi connectivity index (χ0v) is 17.3. The number of fused-ring (bicyclic) bond motifs is 1. The average Bonchev–Trinajstić information content (AvgIpc) is 3.53. The summed E-state index contributed by atoms with van der Waals surface area (Å²) in [5.74, 6) is 2.03. The molecule has 0 radical (unpaired) electrons. The number of nitrogens with zero attached hydrogens (tertiary/aromatic N) is 2. The second-order valence-electron chi connectivity index (χ2n) is 8.00. The van der Waals surface area contributed by atoms with Gasteiger partial charge in [0, 0.05) is 0 Å². The lowest BCUT2D eigenvalue weighted by molar-refractivity contribution is 0.613. The van der Waals surface area contributed by atoms with Gasteiger partial charge in [0.1, 0.15) is 11.6 Å². The van der Waals surface area contributed by atoms with Gasteiger partial charge in [-0.15, -0.1) is 0 Å². The van der Waals surface area contributed by atoms with Gasteiger partial charge in [0.25, 0.3) is 0 Å². The number of nitrogens with one attached hydrogen (secondary N) is 4. The Balaban J connectivity index is 1.34. The first kappa shape index (κ1) is 19.0. The van der Waals surface area contributed by atoms with Crippen molar-refractivity contribution < 1.29 is 0 Å². The van der Waals surface area contributed by atoms with E-state index in [2.05, 4.69) is 80.0 Å². The van der Waals surface area contributed by atoms with Crippen LogP contribution in [0.3, 0.4) is 0 Å². The molecule has 154 valence electrons. The van der Waals surface area contributed by atoms with Crippen molar-refractivity contribution in [3.63, 3.8) is 0 Å². The molecule has 1 aliphatic rings. The standard InChI is InChI=1S/C24H28N6/c1-2-11-25-15-23-28-19-10-9-18(13-21(19)29-23)16-5-7-17(8-6-16)22-14-27-24(30-22)20-4-3-12-26-20/h5-10,13-14,20,25-26H,2-4,11-12,15H2,1H3,(H,27,30)(H,28,29)/t20-/m0/s1. The van der Waals surface area contributed by atoms with Crippen LogP contribution in [-0.2, 0) is 6.54 Å². The van der Waals surface area contributed by atoms with Crippen LogP contribution < -0.4 is 10.6 Å². The third-order valence-electron chi connectivity index (χ3n) is 5.77. The Morgan fingerprint density at radius 3 is 2.67 bits per heavy atom. The SMILES string of the molecule is CCCNCc1nc2ccc(-c3ccc(-c4cnc([C@@H]5CCCN5)[nH]4)cc3)cc2[nH]1. The molecule has 2 aromatic heterocycles. The number of benzene rings is 2. The molecular formula is C24H28N6. The molecule has 6 nitrogen and oxygen atoms in total. The Morgan fingerprint density at radius 2 is 1.87 bits per heavy atom. The predicted octanol–water partition coefficient (Wildman–Crippen LogP) is 4.54. The predicted molar refractivity (Wildman–Crippen MR) is 121 cm³/mol. The van der Waals surface area contributed by atoms with Crippen molar-refractivity contribution in [2.75, 3.05) is 13.1 Å². The van der Waals surface area contributed by atoms with Gasteiger partial charge < -0.3 is 20.6 Å². The fraction of sp³-hybridized carbons (Fsp3) is 0.333. The van der Waals surface area contributed by atoms with Crippen molar-refractivity contribution >= 4 is 11.0 Å². The maximum absolute atomic E-state index is 4.67. The topological polar surface area (TPSA) is 81.4 Å². The number of H-pyrrole nitrogens is 2. The fourth-order valence-electron chi connectivity index (χ4n) is 4.13. The Bertz CT molecular complexity index is 1120. The summed E-state index contributed by atoms with van der Waals surface area (Å²) in [7, 11) is 0. The van der Waals surface area contributed by atoms with Crippen molar-refractivity contribution in [1.29, 1.82) is 0 Å². The molecule has 1 fully saturated rings. The summed E-state index contributed by atoms with van der Waals surface area (Å²) >= 11 is 0. The molecule has 6 heteroatoms. The lowest BCUT2D eigenvalue weighted by Crippen LogP contribution is -2.14. The Kier molecular flexibility index (Phi) is 5.34. The minimum atomic E-state index is 0.362. The maximum Gasteiger partial charge on any atom is 0.123 e. The molecule has 1 saturated heterocycles. The normalized spacial score (nSPS) is 16.5. The van der Waals surface area contributed by atoms with Crippen molar-refractivity contribution in [3.05, 3.63) is 60.3 Å². The first-order chi connectivity index (χ1) is 14.8. The Hall–Kier alpha value is -2.96. The van der Waals surface area contributed by atoms with Crippen molar-refractivity contribution in [3.8, 4) is 22.4 Å². The molecule has 5 rings (SSSR count). The molecular weight excluding hydrogens is 372 g/mol. The highest BCUT2D eigenvalue weighted by Gasteiger charge is 2.19. The summed E-state index contributed by atoms with van der Waals surface area (Å²) in [6, 6.07) is 15.4. The third-order valence-corrected chi connectivity index (χ3v) is 5.77. The van der Waals surface area contributed by atoms with E-state index in [1.54, 1.807) is 0 Å². The quantitative estimate of drug-likeness (QED) is 0.343. The van der Waals surface area contributed by atoms with Gasteiger partial charge in [0.2, 0.25) is 0 Å². The zero-order chi connectivity index (χ0) is 20.3. The van der Waals surface area contributed by atoms with E-state index < -0.39 is 0 Å². The van der Waals surface area contributed by atoms with E-state index in [4.69, 9.17) is 0 Å². The molecule has 0 amide bonds. The number of rotatable bonds is 7. The highest BCUT2D eigenvalue weighted by Crippen LogP contribution is 2.28.